The van der Waals surface area contributed by atoms with Gasteiger partial charge in [0.1, 0.15) is 0 Å². The van der Waals surface area contributed by atoms with E-state index in [0.717, 1.165) is 6.42 Å². The van der Waals surface area contributed by atoms with Gasteiger partial charge in [-0.05, 0) is 31.8 Å². The van der Waals surface area contributed by atoms with E-state index >= 15 is 0 Å². The Morgan fingerprint density at radius 1 is 0.917 bits per heavy atom. The summed E-state index contributed by atoms with van der Waals surface area (Å²) in [6.07, 6.45) is 13.0. The zero-order valence-electron chi connectivity index (χ0n) is 8.02. The third-order valence-corrected chi connectivity index (χ3v) is 1.90. The molecule has 0 heteroatoms. The monoisotopic (exact) mass is 164 g/mol. The fraction of sp³-hybridized carbons (Fsp3) is 0.583. The maximum atomic E-state index is 3.70. The molecule has 0 fully saturated rings. The molecule has 0 unspecified atom stereocenters. The van der Waals surface area contributed by atoms with E-state index in [1.165, 1.54) is 38.5 Å². The van der Waals surface area contributed by atoms with E-state index in [-0.39, 0.29) is 0 Å². The molecule has 0 bridgehead atoms. The van der Waals surface area contributed by atoms with Crippen molar-refractivity contribution in [3.8, 4) is 0 Å². The predicted molar refractivity (Wildman–Crippen MR) is 56.2 cm³/mol. The normalized spacial score (nSPS) is 9.00. The first kappa shape index (κ1) is 11.3. The van der Waals surface area contributed by atoms with E-state index in [1.807, 2.05) is 12.2 Å². The van der Waals surface area contributed by atoms with Gasteiger partial charge in [0.25, 0.3) is 0 Å². The van der Waals surface area contributed by atoms with Crippen LogP contribution in [-0.4, -0.2) is 0 Å². The van der Waals surface area contributed by atoms with E-state index in [0.29, 0.717) is 0 Å². The summed E-state index contributed by atoms with van der Waals surface area (Å²) in [5.74, 6) is 0. The van der Waals surface area contributed by atoms with Gasteiger partial charge in [-0.2, -0.15) is 0 Å². The minimum atomic E-state index is 1.14. The fourth-order valence-corrected chi connectivity index (χ4v) is 1.17. The lowest BCUT2D eigenvalue weighted by Crippen LogP contribution is -1.77. The summed E-state index contributed by atoms with van der Waals surface area (Å²) >= 11 is 0. The van der Waals surface area contributed by atoms with Crippen molar-refractivity contribution in [2.75, 3.05) is 0 Å². The van der Waals surface area contributed by atoms with Crippen LogP contribution >= 0.6 is 0 Å². The van der Waals surface area contributed by atoms with Gasteiger partial charge < -0.3 is 0 Å². The Morgan fingerprint density at radius 3 is 2.08 bits per heavy atom. The molecular weight excluding hydrogens is 144 g/mol. The molecule has 68 valence electrons. The molecule has 0 rings (SSSR count). The van der Waals surface area contributed by atoms with Gasteiger partial charge in [0.15, 0.2) is 0 Å². The number of unbranched alkanes of at least 4 members (excludes halogenated alkanes) is 6. The van der Waals surface area contributed by atoms with Crippen LogP contribution in [0.3, 0.4) is 0 Å². The number of hydrogen-bond donors (Lipinski definition) is 0. The molecule has 0 atom stereocenters. The Hall–Kier alpha value is -0.740. The van der Waals surface area contributed by atoms with Crippen molar-refractivity contribution >= 4 is 0 Å². The molecule has 0 saturated carbocycles. The first-order chi connectivity index (χ1) is 5.91. The Labute approximate surface area is 76.7 Å². The highest BCUT2D eigenvalue weighted by molar-refractivity contribution is 4.75. The Kier molecular flexibility index (Phi) is 9.63. The largest absolute Gasteiger partial charge is 0.133 e. The van der Waals surface area contributed by atoms with Crippen LogP contribution in [0.1, 0.15) is 44.9 Å². The van der Waals surface area contributed by atoms with Gasteiger partial charge in [0, 0.05) is 0 Å². The van der Waals surface area contributed by atoms with Gasteiger partial charge in [0.05, 0.1) is 0 Å². The molecule has 0 nitrogen and oxygen atoms in total. The standard InChI is InChI=1S/C12H20/c1-3-5-7-9-11-12-10-8-6-4-2/h3,6H,1-2,5,7-12H2. The lowest BCUT2D eigenvalue weighted by Gasteiger charge is -1.96. The van der Waals surface area contributed by atoms with Crippen molar-refractivity contribution < 1.29 is 0 Å². The topological polar surface area (TPSA) is 0 Å². The van der Waals surface area contributed by atoms with Crippen molar-refractivity contribution in [2.24, 2.45) is 0 Å². The molecule has 0 radical (unpaired) electrons. The van der Waals surface area contributed by atoms with Crippen LogP contribution in [0.4, 0.5) is 0 Å². The highest BCUT2D eigenvalue weighted by atomic mass is 13.9. The molecule has 12 heavy (non-hydrogen) atoms. The van der Waals surface area contributed by atoms with Crippen molar-refractivity contribution in [3.05, 3.63) is 31.0 Å². The number of rotatable bonds is 8. The molecule has 0 N–H and O–H groups in total. The van der Waals surface area contributed by atoms with Gasteiger partial charge in [-0.3, -0.25) is 0 Å². The summed E-state index contributed by atoms with van der Waals surface area (Å²) in [5.41, 5.74) is 2.79. The van der Waals surface area contributed by atoms with Gasteiger partial charge in [-0.15, -0.1) is 12.3 Å². The van der Waals surface area contributed by atoms with Crippen molar-refractivity contribution in [1.29, 1.82) is 0 Å². The fourth-order valence-electron chi connectivity index (χ4n) is 1.17. The molecule has 0 heterocycles. The average Bonchev–Trinajstić information content (AvgIpc) is 2.10. The third kappa shape index (κ3) is 9.26. The molecular formula is C12H20. The second-order valence-electron chi connectivity index (χ2n) is 3.04. The second kappa shape index (κ2) is 10.3. The quantitative estimate of drug-likeness (QED) is 0.286. The molecule has 0 aliphatic carbocycles. The molecule has 0 aliphatic heterocycles. The number of allylic oxidation sites excluding steroid dienone is 2. The van der Waals surface area contributed by atoms with E-state index in [4.69, 9.17) is 0 Å². The van der Waals surface area contributed by atoms with Gasteiger partial charge in [0.2, 0.25) is 0 Å². The lowest BCUT2D eigenvalue weighted by molar-refractivity contribution is 0.622. The highest BCUT2D eigenvalue weighted by Gasteiger charge is 1.87. The zero-order valence-corrected chi connectivity index (χ0v) is 8.02. The smallest absolute Gasteiger partial charge is 0.0275 e. The van der Waals surface area contributed by atoms with Gasteiger partial charge in [-0.1, -0.05) is 31.9 Å². The Bertz CT molecular complexity index is 138. The summed E-state index contributed by atoms with van der Waals surface area (Å²) in [6.45, 7) is 7.23. The summed E-state index contributed by atoms with van der Waals surface area (Å²) in [5, 5.41) is 0. The van der Waals surface area contributed by atoms with Crippen LogP contribution in [-0.2, 0) is 0 Å². The van der Waals surface area contributed by atoms with Crippen molar-refractivity contribution in [2.45, 2.75) is 44.9 Å². The summed E-state index contributed by atoms with van der Waals surface area (Å²) in [7, 11) is 0. The Morgan fingerprint density at radius 2 is 1.50 bits per heavy atom. The first-order valence-electron chi connectivity index (χ1n) is 4.87. The molecule has 0 aromatic heterocycles. The van der Waals surface area contributed by atoms with Crippen LogP contribution in [0.15, 0.2) is 31.0 Å². The van der Waals surface area contributed by atoms with Crippen LogP contribution in [0, 0.1) is 0 Å². The minimum Gasteiger partial charge on any atom is -0.133 e. The molecule has 0 aromatic carbocycles. The summed E-state index contributed by atoms with van der Waals surface area (Å²) in [6, 6.07) is 0. The van der Waals surface area contributed by atoms with Crippen molar-refractivity contribution in [3.63, 3.8) is 0 Å². The Balaban J connectivity index is 2.90. The van der Waals surface area contributed by atoms with E-state index in [1.54, 1.807) is 0 Å². The maximum Gasteiger partial charge on any atom is -0.0275 e. The molecule has 0 saturated heterocycles. The molecule has 0 aliphatic rings. The SMILES string of the molecule is C=C=CCCCCCCCC=C. The van der Waals surface area contributed by atoms with E-state index in [9.17, 15) is 0 Å². The van der Waals surface area contributed by atoms with Crippen LogP contribution < -0.4 is 0 Å². The average molecular weight is 164 g/mol. The van der Waals surface area contributed by atoms with Crippen molar-refractivity contribution in [1.82, 2.24) is 0 Å². The van der Waals surface area contributed by atoms with E-state index < -0.39 is 0 Å². The van der Waals surface area contributed by atoms with Gasteiger partial charge in [-0.25, -0.2) is 0 Å². The molecule has 0 aromatic rings. The minimum absolute atomic E-state index is 1.14. The lowest BCUT2D eigenvalue weighted by atomic mass is 10.1. The van der Waals surface area contributed by atoms with E-state index in [2.05, 4.69) is 18.9 Å². The maximum absolute atomic E-state index is 3.70. The highest BCUT2D eigenvalue weighted by Crippen LogP contribution is 2.07. The first-order valence-corrected chi connectivity index (χ1v) is 4.87. The zero-order chi connectivity index (χ0) is 9.07. The van der Waals surface area contributed by atoms with Crippen LogP contribution in [0.25, 0.3) is 0 Å². The molecule has 0 amide bonds. The summed E-state index contributed by atoms with van der Waals surface area (Å²) < 4.78 is 0. The third-order valence-electron chi connectivity index (χ3n) is 1.90. The summed E-state index contributed by atoms with van der Waals surface area (Å²) in [4.78, 5) is 0. The van der Waals surface area contributed by atoms with Crippen LogP contribution in [0.2, 0.25) is 0 Å². The van der Waals surface area contributed by atoms with Gasteiger partial charge >= 0.3 is 0 Å². The predicted octanol–water partition coefficient (Wildman–Crippen LogP) is 4.24. The number of hydrogen-bond acceptors (Lipinski definition) is 0. The van der Waals surface area contributed by atoms with Crippen LogP contribution in [0.5, 0.6) is 0 Å². The second-order valence-corrected chi connectivity index (χ2v) is 3.04. The molecule has 0 spiro atoms.